The van der Waals surface area contributed by atoms with Gasteiger partial charge in [-0.2, -0.15) is 0 Å². The lowest BCUT2D eigenvalue weighted by Gasteiger charge is -2.26. The molecular weight excluding hydrogens is 248 g/mol. The summed E-state index contributed by atoms with van der Waals surface area (Å²) >= 11 is 6.92. The van der Waals surface area contributed by atoms with Gasteiger partial charge in [-0.05, 0) is 17.8 Å². The van der Waals surface area contributed by atoms with Gasteiger partial charge in [-0.1, -0.05) is 30.3 Å². The van der Waals surface area contributed by atoms with E-state index in [1.54, 1.807) is 11.3 Å². The number of rotatable bonds is 2. The molecule has 17 heavy (non-hydrogen) atoms. The molecule has 0 saturated heterocycles. The van der Waals surface area contributed by atoms with Crippen molar-refractivity contribution in [3.05, 3.63) is 50.4 Å². The third kappa shape index (κ3) is 2.49. The van der Waals surface area contributed by atoms with Crippen LogP contribution in [0.25, 0.3) is 0 Å². The first-order chi connectivity index (χ1) is 8.31. The Morgan fingerprint density at radius 3 is 2.94 bits per heavy atom. The van der Waals surface area contributed by atoms with Crippen LogP contribution in [0.4, 0.5) is 0 Å². The van der Waals surface area contributed by atoms with E-state index in [2.05, 4.69) is 40.2 Å². The minimum Gasteiger partial charge on any atom is -0.341 e. The van der Waals surface area contributed by atoms with Crippen LogP contribution in [0.5, 0.6) is 0 Å². The maximum atomic E-state index is 5.19. The number of thiazole rings is 1. The minimum atomic E-state index is 0.913. The Hall–Kier alpha value is -0.970. The second kappa shape index (κ2) is 4.72. The Balaban J connectivity index is 1.74. The van der Waals surface area contributed by atoms with Gasteiger partial charge < -0.3 is 4.98 Å². The quantitative estimate of drug-likeness (QED) is 0.837. The summed E-state index contributed by atoms with van der Waals surface area (Å²) < 4.78 is 0.913. The van der Waals surface area contributed by atoms with Crippen molar-refractivity contribution in [1.82, 2.24) is 9.88 Å². The predicted molar refractivity (Wildman–Crippen MR) is 73.8 cm³/mol. The highest BCUT2D eigenvalue weighted by Crippen LogP contribution is 2.23. The fraction of sp³-hybridized carbons (Fsp3) is 0.308. The average Bonchev–Trinajstić information content (AvgIpc) is 2.70. The molecule has 0 unspecified atom stereocenters. The van der Waals surface area contributed by atoms with E-state index in [-0.39, 0.29) is 0 Å². The molecule has 2 heterocycles. The third-order valence-electron chi connectivity index (χ3n) is 3.10. The Labute approximate surface area is 110 Å². The molecule has 0 aliphatic carbocycles. The average molecular weight is 262 g/mol. The zero-order valence-corrected chi connectivity index (χ0v) is 11.1. The number of hydrogen-bond donors (Lipinski definition) is 1. The topological polar surface area (TPSA) is 19.0 Å². The van der Waals surface area contributed by atoms with Crippen LogP contribution in [-0.4, -0.2) is 16.4 Å². The zero-order chi connectivity index (χ0) is 11.7. The number of aromatic amines is 1. The second-order valence-electron chi connectivity index (χ2n) is 4.36. The lowest BCUT2D eigenvalue weighted by atomic mass is 10.1. The van der Waals surface area contributed by atoms with Crippen LogP contribution in [-0.2, 0) is 19.5 Å². The summed E-state index contributed by atoms with van der Waals surface area (Å²) in [5.74, 6) is 0. The molecule has 1 N–H and O–H groups in total. The second-order valence-corrected chi connectivity index (χ2v) is 6.13. The first-order valence-electron chi connectivity index (χ1n) is 5.78. The van der Waals surface area contributed by atoms with E-state index in [1.807, 2.05) is 0 Å². The van der Waals surface area contributed by atoms with E-state index in [0.717, 1.165) is 30.0 Å². The van der Waals surface area contributed by atoms with E-state index in [1.165, 1.54) is 16.1 Å². The highest BCUT2D eigenvalue weighted by molar-refractivity contribution is 7.73. The van der Waals surface area contributed by atoms with Crippen molar-refractivity contribution in [3.8, 4) is 0 Å². The number of aromatic nitrogens is 1. The van der Waals surface area contributed by atoms with Gasteiger partial charge in [-0.25, -0.2) is 0 Å². The molecule has 0 saturated carbocycles. The van der Waals surface area contributed by atoms with Gasteiger partial charge in [0.15, 0.2) is 3.95 Å². The number of fused-ring (bicyclic) bond motifs is 1. The normalized spacial score (nSPS) is 15.8. The van der Waals surface area contributed by atoms with Crippen LogP contribution in [0.3, 0.4) is 0 Å². The molecule has 2 nitrogen and oxygen atoms in total. The molecule has 1 aliphatic heterocycles. The van der Waals surface area contributed by atoms with E-state index in [9.17, 15) is 0 Å². The Morgan fingerprint density at radius 1 is 1.29 bits per heavy atom. The zero-order valence-electron chi connectivity index (χ0n) is 9.48. The lowest BCUT2D eigenvalue weighted by Crippen LogP contribution is -2.29. The minimum absolute atomic E-state index is 0.913. The summed E-state index contributed by atoms with van der Waals surface area (Å²) in [7, 11) is 0. The molecule has 0 amide bonds. The van der Waals surface area contributed by atoms with Gasteiger partial charge in [-0.15, -0.1) is 11.3 Å². The molecular formula is C13H14N2S2. The van der Waals surface area contributed by atoms with Crippen molar-refractivity contribution < 1.29 is 0 Å². The van der Waals surface area contributed by atoms with Crippen molar-refractivity contribution in [3.63, 3.8) is 0 Å². The molecule has 0 bridgehead atoms. The number of H-pyrrole nitrogens is 1. The van der Waals surface area contributed by atoms with Gasteiger partial charge in [0.1, 0.15) is 0 Å². The molecule has 1 aromatic carbocycles. The number of benzene rings is 1. The summed E-state index contributed by atoms with van der Waals surface area (Å²) in [5, 5.41) is 0. The van der Waals surface area contributed by atoms with Gasteiger partial charge in [0.25, 0.3) is 0 Å². The van der Waals surface area contributed by atoms with Crippen molar-refractivity contribution in [2.24, 2.45) is 0 Å². The summed E-state index contributed by atoms with van der Waals surface area (Å²) in [5.41, 5.74) is 2.74. The third-order valence-corrected chi connectivity index (χ3v) is 4.36. The molecule has 0 atom stereocenters. The maximum absolute atomic E-state index is 5.19. The van der Waals surface area contributed by atoms with Crippen molar-refractivity contribution in [2.75, 3.05) is 6.54 Å². The maximum Gasteiger partial charge on any atom is 0.158 e. The molecule has 2 aromatic rings. The number of hydrogen-bond acceptors (Lipinski definition) is 3. The van der Waals surface area contributed by atoms with E-state index >= 15 is 0 Å². The Morgan fingerprint density at radius 2 is 2.12 bits per heavy atom. The van der Waals surface area contributed by atoms with Crippen molar-refractivity contribution in [1.29, 1.82) is 0 Å². The fourth-order valence-corrected chi connectivity index (χ4v) is 3.60. The molecule has 0 fully saturated rings. The summed E-state index contributed by atoms with van der Waals surface area (Å²) in [6, 6.07) is 10.6. The molecule has 1 aliphatic rings. The van der Waals surface area contributed by atoms with Crippen LogP contribution in [0.2, 0.25) is 0 Å². The van der Waals surface area contributed by atoms with Crippen LogP contribution in [0.15, 0.2) is 30.3 Å². The summed E-state index contributed by atoms with van der Waals surface area (Å²) in [4.78, 5) is 7.18. The van der Waals surface area contributed by atoms with Gasteiger partial charge in [-0.3, -0.25) is 4.90 Å². The smallest absolute Gasteiger partial charge is 0.158 e. The number of nitrogens with zero attached hydrogens (tertiary/aromatic N) is 1. The van der Waals surface area contributed by atoms with Gasteiger partial charge in [0, 0.05) is 36.6 Å². The van der Waals surface area contributed by atoms with Crippen molar-refractivity contribution >= 4 is 23.6 Å². The molecule has 0 spiro atoms. The molecule has 0 radical (unpaired) electrons. The van der Waals surface area contributed by atoms with Gasteiger partial charge >= 0.3 is 0 Å². The van der Waals surface area contributed by atoms with Gasteiger partial charge in [0.05, 0.1) is 0 Å². The molecule has 4 heteroatoms. The standard InChI is InChI=1S/C13H14N2S2/c16-13-14-11-6-7-15(9-12(11)17-13)8-10-4-2-1-3-5-10/h1-5H,6-9H2,(H,14,16). The molecule has 88 valence electrons. The largest absolute Gasteiger partial charge is 0.341 e. The summed E-state index contributed by atoms with van der Waals surface area (Å²) in [6.45, 7) is 3.18. The first-order valence-corrected chi connectivity index (χ1v) is 7.01. The van der Waals surface area contributed by atoms with E-state index < -0.39 is 0 Å². The van der Waals surface area contributed by atoms with E-state index in [0.29, 0.717) is 0 Å². The molecule has 3 rings (SSSR count). The summed E-state index contributed by atoms with van der Waals surface area (Å²) in [6.07, 6.45) is 1.09. The van der Waals surface area contributed by atoms with Gasteiger partial charge in [0.2, 0.25) is 0 Å². The molecule has 1 aromatic heterocycles. The van der Waals surface area contributed by atoms with Crippen LogP contribution in [0, 0.1) is 3.95 Å². The number of nitrogens with one attached hydrogen (secondary N) is 1. The van der Waals surface area contributed by atoms with Crippen LogP contribution >= 0.6 is 23.6 Å². The highest BCUT2D eigenvalue weighted by atomic mass is 32.1. The monoisotopic (exact) mass is 262 g/mol. The van der Waals surface area contributed by atoms with Crippen LogP contribution in [0.1, 0.15) is 16.1 Å². The van der Waals surface area contributed by atoms with E-state index in [4.69, 9.17) is 12.2 Å². The lowest BCUT2D eigenvalue weighted by molar-refractivity contribution is 0.247. The van der Waals surface area contributed by atoms with Crippen LogP contribution < -0.4 is 0 Å². The SMILES string of the molecule is S=c1[nH]c2c(s1)CN(Cc1ccccc1)CC2. The predicted octanol–water partition coefficient (Wildman–Crippen LogP) is 3.36. The van der Waals surface area contributed by atoms with Crippen molar-refractivity contribution in [2.45, 2.75) is 19.5 Å². The fourth-order valence-electron chi connectivity index (χ4n) is 2.25. The Bertz CT molecular complexity index is 556. The highest BCUT2D eigenvalue weighted by Gasteiger charge is 2.18. The Kier molecular flexibility index (Phi) is 3.09. The first kappa shape index (κ1) is 11.1.